The molecule has 0 heterocycles. The average Bonchev–Trinajstić information content (AvgIpc) is 2.78. The zero-order valence-electron chi connectivity index (χ0n) is 19.2. The van der Waals surface area contributed by atoms with Gasteiger partial charge in [-0.05, 0) is 77.4 Å². The highest BCUT2D eigenvalue weighted by Gasteiger charge is 2.31. The smallest absolute Gasteiger partial charge is 0.244 e. The minimum Gasteiger partial charge on any atom is -0.354 e. The zero-order chi connectivity index (χ0) is 25.5. The van der Waals surface area contributed by atoms with E-state index in [0.29, 0.717) is 34.3 Å². The lowest BCUT2D eigenvalue weighted by Crippen LogP contribution is -2.52. The molecule has 11 heteroatoms. The van der Waals surface area contributed by atoms with Crippen molar-refractivity contribution in [3.05, 3.63) is 61.6 Å². The molecule has 1 atom stereocenters. The Morgan fingerprint density at radius 1 is 1.06 bits per heavy atom. The summed E-state index contributed by atoms with van der Waals surface area (Å²) in [5, 5.41) is 3.53. The van der Waals surface area contributed by atoms with Crippen LogP contribution in [0.5, 0.6) is 0 Å². The number of hydrogen-bond acceptors (Lipinski definition) is 4. The lowest BCUT2D eigenvalue weighted by molar-refractivity contribution is -0.140. The van der Waals surface area contributed by atoms with Gasteiger partial charge in [-0.25, -0.2) is 8.42 Å². The molecule has 1 N–H and O–H groups in total. The van der Waals surface area contributed by atoms with E-state index in [-0.39, 0.29) is 12.5 Å². The van der Waals surface area contributed by atoms with E-state index in [0.717, 1.165) is 20.6 Å². The van der Waals surface area contributed by atoms with Gasteiger partial charge in [0.2, 0.25) is 21.8 Å². The quantitative estimate of drug-likeness (QED) is 0.361. The van der Waals surface area contributed by atoms with Gasteiger partial charge >= 0.3 is 0 Å². The molecule has 0 saturated heterocycles. The topological polar surface area (TPSA) is 86.8 Å². The Labute approximate surface area is 225 Å². The number of nitrogens with one attached hydrogen (secondary N) is 1. The second kappa shape index (κ2) is 12.9. The molecule has 0 aromatic heterocycles. The van der Waals surface area contributed by atoms with Gasteiger partial charge in [0.15, 0.2) is 0 Å². The lowest BCUT2D eigenvalue weighted by Gasteiger charge is -2.33. The number of halogens is 3. The first-order chi connectivity index (χ1) is 16.0. The molecule has 186 valence electrons. The van der Waals surface area contributed by atoms with Gasteiger partial charge < -0.3 is 10.2 Å². The third kappa shape index (κ3) is 8.00. The molecule has 0 aliphatic carbocycles. The molecule has 0 aliphatic heterocycles. The molecule has 0 saturated carbocycles. The van der Waals surface area contributed by atoms with Crippen molar-refractivity contribution in [2.75, 3.05) is 23.7 Å². The molecule has 2 aromatic rings. The zero-order valence-corrected chi connectivity index (χ0v) is 23.7. The van der Waals surface area contributed by atoms with Gasteiger partial charge in [-0.15, -0.1) is 0 Å². The van der Waals surface area contributed by atoms with Gasteiger partial charge in [0, 0.05) is 16.7 Å². The van der Waals surface area contributed by atoms with Crippen LogP contribution in [0.2, 0.25) is 10.0 Å². The largest absolute Gasteiger partial charge is 0.354 e. The highest BCUT2D eigenvalue weighted by Crippen LogP contribution is 2.25. The predicted molar refractivity (Wildman–Crippen MR) is 146 cm³/mol. The molecule has 0 fully saturated rings. The summed E-state index contributed by atoms with van der Waals surface area (Å²) in [5.74, 6) is -0.800. The third-order valence-corrected chi connectivity index (χ3v) is 7.66. The summed E-state index contributed by atoms with van der Waals surface area (Å²) in [6.45, 7) is 3.84. The predicted octanol–water partition coefficient (Wildman–Crippen LogP) is 4.70. The first kappa shape index (κ1) is 28.7. The first-order valence-electron chi connectivity index (χ1n) is 10.7. The van der Waals surface area contributed by atoms with E-state index in [2.05, 4.69) is 27.9 Å². The maximum absolute atomic E-state index is 13.6. The Balaban J connectivity index is 2.43. The van der Waals surface area contributed by atoms with Crippen molar-refractivity contribution >= 4 is 73.3 Å². The Morgan fingerprint density at radius 3 is 2.24 bits per heavy atom. The van der Waals surface area contributed by atoms with Gasteiger partial charge in [-0.3, -0.25) is 13.9 Å². The average molecular weight is 640 g/mol. The Hall–Kier alpha value is -1.56. The van der Waals surface area contributed by atoms with Gasteiger partial charge in [0.1, 0.15) is 12.6 Å². The van der Waals surface area contributed by atoms with Crippen LogP contribution < -0.4 is 9.62 Å². The summed E-state index contributed by atoms with van der Waals surface area (Å²) >= 11 is 14.3. The van der Waals surface area contributed by atoms with E-state index in [4.69, 9.17) is 23.2 Å². The summed E-state index contributed by atoms with van der Waals surface area (Å²) in [7, 11) is -3.77. The van der Waals surface area contributed by atoms with Crippen molar-refractivity contribution in [1.29, 1.82) is 0 Å². The van der Waals surface area contributed by atoms with E-state index >= 15 is 0 Å². The van der Waals surface area contributed by atoms with Gasteiger partial charge in [0.25, 0.3) is 0 Å². The monoisotopic (exact) mass is 639 g/mol. The molecular weight excluding hydrogens is 612 g/mol. The van der Waals surface area contributed by atoms with Crippen LogP contribution >= 0.6 is 45.8 Å². The Morgan fingerprint density at radius 2 is 1.71 bits per heavy atom. The van der Waals surface area contributed by atoms with Crippen LogP contribution in [0, 0.1) is 3.57 Å². The van der Waals surface area contributed by atoms with Crippen molar-refractivity contribution in [3.8, 4) is 0 Å². The highest BCUT2D eigenvalue weighted by atomic mass is 127. The maximum atomic E-state index is 13.6. The molecular formula is C23H28Cl2IN3O4S. The van der Waals surface area contributed by atoms with E-state index in [1.54, 1.807) is 49.4 Å². The molecule has 2 rings (SSSR count). The van der Waals surface area contributed by atoms with Gasteiger partial charge in [-0.2, -0.15) is 0 Å². The SMILES string of the molecule is CCCNC(=O)[C@@H](CC)N(Cc1ccc(Cl)c(Cl)c1)C(=O)CN(c1ccc(I)cc1)S(C)(=O)=O. The summed E-state index contributed by atoms with van der Waals surface area (Å²) in [5.41, 5.74) is 1.04. The summed E-state index contributed by atoms with van der Waals surface area (Å²) in [4.78, 5) is 27.8. The van der Waals surface area contributed by atoms with Gasteiger partial charge in [-0.1, -0.05) is 43.1 Å². The van der Waals surface area contributed by atoms with E-state index in [1.807, 2.05) is 6.92 Å². The van der Waals surface area contributed by atoms with Crippen LogP contribution in [-0.4, -0.2) is 50.5 Å². The minimum atomic E-state index is -3.77. The van der Waals surface area contributed by atoms with Crippen LogP contribution in [0.3, 0.4) is 0 Å². The molecule has 0 unspecified atom stereocenters. The van der Waals surface area contributed by atoms with E-state index in [1.165, 1.54) is 4.90 Å². The fourth-order valence-corrected chi connectivity index (χ4v) is 4.87. The molecule has 0 radical (unpaired) electrons. The molecule has 2 aromatic carbocycles. The van der Waals surface area contributed by atoms with Crippen molar-refractivity contribution in [2.45, 2.75) is 39.3 Å². The Bertz CT molecular complexity index is 1110. The van der Waals surface area contributed by atoms with Crippen LogP contribution in [-0.2, 0) is 26.2 Å². The standard InChI is InChI=1S/C23H28Cl2IN3O4S/c1-4-12-27-23(31)21(5-2)28(14-16-6-11-19(24)20(25)13-16)22(30)15-29(34(3,32)33)18-9-7-17(26)8-10-18/h6-11,13,21H,4-5,12,14-15H2,1-3H3,(H,27,31)/t21-/m1/s1. The third-order valence-electron chi connectivity index (χ3n) is 5.07. The number of benzene rings is 2. The number of sulfonamides is 1. The normalized spacial score (nSPS) is 12.2. The van der Waals surface area contributed by atoms with Crippen molar-refractivity contribution in [1.82, 2.24) is 10.2 Å². The van der Waals surface area contributed by atoms with E-state index < -0.39 is 28.5 Å². The molecule has 0 spiro atoms. The summed E-state index contributed by atoms with van der Waals surface area (Å²) in [6, 6.07) is 11.0. The Kier molecular flexibility index (Phi) is 10.9. The number of rotatable bonds is 11. The number of carbonyl (C=O) groups is 2. The second-order valence-electron chi connectivity index (χ2n) is 7.73. The highest BCUT2D eigenvalue weighted by molar-refractivity contribution is 14.1. The number of nitrogens with zero attached hydrogens (tertiary/aromatic N) is 2. The number of anilines is 1. The fourth-order valence-electron chi connectivity index (χ4n) is 3.34. The van der Waals surface area contributed by atoms with Crippen LogP contribution in [0.25, 0.3) is 0 Å². The van der Waals surface area contributed by atoms with Crippen molar-refractivity contribution in [2.24, 2.45) is 0 Å². The minimum absolute atomic E-state index is 0.0675. The second-order valence-corrected chi connectivity index (χ2v) is 11.7. The maximum Gasteiger partial charge on any atom is 0.244 e. The molecule has 34 heavy (non-hydrogen) atoms. The number of amides is 2. The lowest BCUT2D eigenvalue weighted by atomic mass is 10.1. The van der Waals surface area contributed by atoms with Crippen molar-refractivity contribution in [3.63, 3.8) is 0 Å². The fraction of sp³-hybridized carbons (Fsp3) is 0.391. The number of carbonyl (C=O) groups excluding carboxylic acids is 2. The summed E-state index contributed by atoms with van der Waals surface area (Å²) < 4.78 is 27.1. The van der Waals surface area contributed by atoms with Crippen LogP contribution in [0.1, 0.15) is 32.3 Å². The summed E-state index contributed by atoms with van der Waals surface area (Å²) in [6.07, 6.45) is 2.15. The molecule has 0 bridgehead atoms. The number of hydrogen-bond donors (Lipinski definition) is 1. The first-order valence-corrected chi connectivity index (χ1v) is 14.4. The van der Waals surface area contributed by atoms with Crippen molar-refractivity contribution < 1.29 is 18.0 Å². The molecule has 2 amide bonds. The van der Waals surface area contributed by atoms with E-state index in [9.17, 15) is 18.0 Å². The molecule has 7 nitrogen and oxygen atoms in total. The van der Waals surface area contributed by atoms with Gasteiger partial charge in [0.05, 0.1) is 22.0 Å². The van der Waals surface area contributed by atoms with Crippen LogP contribution in [0.15, 0.2) is 42.5 Å². The van der Waals surface area contributed by atoms with Crippen LogP contribution in [0.4, 0.5) is 5.69 Å². The molecule has 0 aliphatic rings.